The number of pyridine rings is 1. The molecule has 0 fully saturated rings. The smallest absolute Gasteiger partial charge is 0.204 e. The molecular weight excluding hydrogens is 633 g/mol. The van der Waals surface area contributed by atoms with E-state index in [1.165, 1.54) is 0 Å². The van der Waals surface area contributed by atoms with Gasteiger partial charge in [-0.1, -0.05) is 41.4 Å². The molecule has 1 aliphatic rings. The van der Waals surface area contributed by atoms with Crippen LogP contribution in [0.3, 0.4) is 0 Å². The van der Waals surface area contributed by atoms with Crippen LogP contribution in [0.4, 0.5) is 0 Å². The number of allylic oxidation sites excluding steroid dienone is 1. The summed E-state index contributed by atoms with van der Waals surface area (Å²) in [4.78, 5) is 14.0. The summed E-state index contributed by atoms with van der Waals surface area (Å²) in [6, 6.07) is 10.5. The van der Waals surface area contributed by atoms with E-state index in [4.69, 9.17) is 4.98 Å². The lowest BCUT2D eigenvalue weighted by atomic mass is 9.92. The van der Waals surface area contributed by atoms with Gasteiger partial charge in [0.2, 0.25) is 5.54 Å². The second-order valence-corrected chi connectivity index (χ2v) is 10.4. The summed E-state index contributed by atoms with van der Waals surface area (Å²) >= 11 is 9.39. The molecule has 0 saturated heterocycles. The lowest BCUT2D eigenvalue weighted by Gasteiger charge is -2.21. The third kappa shape index (κ3) is 4.00. The van der Waals surface area contributed by atoms with Crippen LogP contribution in [0.2, 0.25) is 0 Å². The van der Waals surface area contributed by atoms with Gasteiger partial charge in [-0.05, 0) is 75.1 Å². The maximum Gasteiger partial charge on any atom is 0.204 e. The molecular formula is C23H20Br2IN5. The third-order valence-electron chi connectivity index (χ3n) is 5.49. The van der Waals surface area contributed by atoms with Gasteiger partial charge in [-0.3, -0.25) is 4.99 Å². The van der Waals surface area contributed by atoms with Crippen LogP contribution < -0.4 is 0 Å². The number of benzene rings is 1. The van der Waals surface area contributed by atoms with Crippen molar-refractivity contribution < 1.29 is 0 Å². The Hall–Kier alpha value is -1.57. The molecule has 1 unspecified atom stereocenters. The normalized spacial score (nSPS) is 18.2. The Bertz CT molecular complexity index is 1270. The molecule has 0 N–H and O–H groups in total. The van der Waals surface area contributed by atoms with Gasteiger partial charge in [-0.15, -0.1) is 0 Å². The Balaban J connectivity index is 1.74. The maximum absolute atomic E-state index is 9.96. The fraction of sp³-hybridized carbons (Fsp3) is 0.304. The highest BCUT2D eigenvalue weighted by Gasteiger charge is 2.41. The first-order valence-electron chi connectivity index (χ1n) is 10.0. The number of fused-ring (bicyclic) bond motifs is 1. The number of aromatic nitrogens is 3. The predicted molar refractivity (Wildman–Crippen MR) is 140 cm³/mol. The van der Waals surface area contributed by atoms with Crippen molar-refractivity contribution in [1.29, 1.82) is 5.26 Å². The average molecular weight is 653 g/mol. The quantitative estimate of drug-likeness (QED) is 0.277. The minimum atomic E-state index is -1.01. The van der Waals surface area contributed by atoms with Crippen LogP contribution in [0, 0.1) is 18.3 Å². The topological polar surface area (TPSA) is 66.9 Å². The summed E-state index contributed by atoms with van der Waals surface area (Å²) in [7, 11) is 0. The van der Waals surface area contributed by atoms with Gasteiger partial charge in [-0.25, -0.2) is 9.97 Å². The number of aliphatic imine (C=N–C) groups is 1. The first-order chi connectivity index (χ1) is 14.9. The van der Waals surface area contributed by atoms with Gasteiger partial charge in [0, 0.05) is 33.4 Å². The largest absolute Gasteiger partial charge is 0.308 e. The Labute approximate surface area is 212 Å². The lowest BCUT2D eigenvalue weighted by Crippen LogP contribution is -2.20. The SMILES string of the molecule is CCCCc1nc2c(C)ccnc2n1Cc1ccc(C2(C#N)N=CC(Br)=C2I)c(Br)c1. The summed E-state index contributed by atoms with van der Waals surface area (Å²) in [6.07, 6.45) is 6.69. The molecule has 1 aliphatic heterocycles. The van der Waals surface area contributed by atoms with Crippen molar-refractivity contribution in [1.82, 2.24) is 14.5 Å². The van der Waals surface area contributed by atoms with Gasteiger partial charge in [0.05, 0.1) is 10.1 Å². The first kappa shape index (κ1) is 22.6. The van der Waals surface area contributed by atoms with Gasteiger partial charge in [0.15, 0.2) is 5.65 Å². The van der Waals surface area contributed by atoms with E-state index in [1.807, 2.05) is 18.3 Å². The highest BCUT2D eigenvalue weighted by atomic mass is 127. The summed E-state index contributed by atoms with van der Waals surface area (Å²) in [6.45, 7) is 4.94. The summed E-state index contributed by atoms with van der Waals surface area (Å²) in [5, 5.41) is 9.96. The predicted octanol–water partition coefficient (Wildman–Crippen LogP) is 6.74. The van der Waals surface area contributed by atoms with Crippen molar-refractivity contribution in [2.45, 2.75) is 45.2 Å². The minimum Gasteiger partial charge on any atom is -0.308 e. The fourth-order valence-electron chi connectivity index (χ4n) is 3.77. The Morgan fingerprint density at radius 2 is 2.06 bits per heavy atom. The van der Waals surface area contributed by atoms with Gasteiger partial charge in [-0.2, -0.15) is 5.26 Å². The fourth-order valence-corrected chi connectivity index (χ4v) is 5.57. The van der Waals surface area contributed by atoms with Crippen molar-refractivity contribution in [2.75, 3.05) is 0 Å². The molecule has 0 bridgehead atoms. The molecule has 3 heterocycles. The Morgan fingerprint density at radius 1 is 1.26 bits per heavy atom. The number of imidazole rings is 1. The number of nitrogens with zero attached hydrogens (tertiary/aromatic N) is 5. The molecule has 2 aromatic heterocycles. The molecule has 31 heavy (non-hydrogen) atoms. The van der Waals surface area contributed by atoms with Crippen LogP contribution in [-0.2, 0) is 18.5 Å². The van der Waals surface area contributed by atoms with Crippen molar-refractivity contribution >= 4 is 71.8 Å². The summed E-state index contributed by atoms with van der Waals surface area (Å²) < 4.78 is 4.79. The highest BCUT2D eigenvalue weighted by molar-refractivity contribution is 14.1. The molecule has 5 nitrogen and oxygen atoms in total. The molecule has 0 aliphatic carbocycles. The van der Waals surface area contributed by atoms with E-state index < -0.39 is 5.54 Å². The minimum absolute atomic E-state index is 0.671. The number of nitriles is 1. The number of unbranched alkanes of at least 4 members (excludes halogenated alkanes) is 1. The highest BCUT2D eigenvalue weighted by Crippen LogP contribution is 2.46. The van der Waals surface area contributed by atoms with Gasteiger partial charge in [0.1, 0.15) is 17.4 Å². The molecule has 0 saturated carbocycles. The monoisotopic (exact) mass is 651 g/mol. The molecule has 158 valence electrons. The second kappa shape index (κ2) is 9.12. The Morgan fingerprint density at radius 3 is 2.71 bits per heavy atom. The van der Waals surface area contributed by atoms with Crippen molar-refractivity contribution in [3.63, 3.8) is 0 Å². The molecule has 1 aromatic carbocycles. The molecule has 3 aromatic rings. The van der Waals surface area contributed by atoms with Crippen LogP contribution in [0.25, 0.3) is 11.2 Å². The van der Waals surface area contributed by atoms with E-state index in [1.54, 1.807) is 6.21 Å². The van der Waals surface area contributed by atoms with Crippen LogP contribution >= 0.6 is 54.5 Å². The zero-order valence-corrected chi connectivity index (χ0v) is 22.5. The van der Waals surface area contributed by atoms with Crippen LogP contribution in [-0.4, -0.2) is 20.7 Å². The third-order valence-corrected chi connectivity index (χ3v) is 8.85. The zero-order chi connectivity index (χ0) is 22.2. The Kier molecular flexibility index (Phi) is 6.65. The molecule has 0 spiro atoms. The maximum atomic E-state index is 9.96. The van der Waals surface area contributed by atoms with E-state index >= 15 is 0 Å². The molecule has 0 radical (unpaired) electrons. The average Bonchev–Trinajstić information content (AvgIpc) is 3.26. The van der Waals surface area contributed by atoms with E-state index in [-0.39, 0.29) is 0 Å². The van der Waals surface area contributed by atoms with E-state index in [2.05, 4.69) is 101 Å². The second-order valence-electron chi connectivity index (χ2n) is 7.57. The number of rotatable bonds is 6. The van der Waals surface area contributed by atoms with Crippen molar-refractivity contribution in [2.24, 2.45) is 4.99 Å². The van der Waals surface area contributed by atoms with E-state index in [0.717, 1.165) is 65.5 Å². The summed E-state index contributed by atoms with van der Waals surface area (Å²) in [5.41, 5.74) is 3.97. The molecule has 8 heteroatoms. The van der Waals surface area contributed by atoms with E-state index in [9.17, 15) is 5.26 Å². The van der Waals surface area contributed by atoms with Crippen LogP contribution in [0.1, 0.15) is 42.3 Å². The number of hydrogen-bond donors (Lipinski definition) is 0. The number of halogens is 3. The van der Waals surface area contributed by atoms with Crippen molar-refractivity contribution in [3.05, 3.63) is 65.5 Å². The van der Waals surface area contributed by atoms with Gasteiger partial charge in [0.25, 0.3) is 0 Å². The molecule has 1 atom stereocenters. The van der Waals surface area contributed by atoms with Crippen molar-refractivity contribution in [3.8, 4) is 6.07 Å². The van der Waals surface area contributed by atoms with Crippen LogP contribution in [0.5, 0.6) is 0 Å². The number of aryl methyl sites for hydroxylation is 2. The standard InChI is InChI=1S/C23H20Br2IN5/c1-3-4-5-19-30-20-14(2)8-9-28-22(20)31(19)12-15-6-7-16(17(24)10-15)23(13-27)21(26)18(25)11-29-23/h6-11H,3-5,12H2,1-2H3. The summed E-state index contributed by atoms with van der Waals surface area (Å²) in [5.74, 6) is 1.06. The van der Waals surface area contributed by atoms with Crippen LogP contribution in [0.15, 0.2) is 48.0 Å². The zero-order valence-electron chi connectivity index (χ0n) is 17.2. The van der Waals surface area contributed by atoms with E-state index in [0.29, 0.717) is 6.54 Å². The lowest BCUT2D eigenvalue weighted by molar-refractivity contribution is 0.685. The first-order valence-corrected chi connectivity index (χ1v) is 12.7. The molecule has 0 amide bonds. The van der Waals surface area contributed by atoms with Gasteiger partial charge < -0.3 is 4.57 Å². The van der Waals surface area contributed by atoms with Gasteiger partial charge >= 0.3 is 0 Å². The molecule has 4 rings (SSSR count). The number of hydrogen-bond acceptors (Lipinski definition) is 4.